The number of hydrogen-bond donors (Lipinski definition) is 2. The molecule has 0 heterocycles. The summed E-state index contributed by atoms with van der Waals surface area (Å²) in [5.74, 6) is 1.88. The maximum absolute atomic E-state index is 8.88. The summed E-state index contributed by atoms with van der Waals surface area (Å²) in [5.41, 5.74) is 2.53. The third-order valence-electron chi connectivity index (χ3n) is 4.43. The van der Waals surface area contributed by atoms with E-state index in [2.05, 4.69) is 49.5 Å². The van der Waals surface area contributed by atoms with E-state index < -0.39 is 0 Å². The largest absolute Gasteiger partial charge is 0.493 e. The van der Waals surface area contributed by atoms with Crippen LogP contribution in [-0.2, 0) is 0 Å². The summed E-state index contributed by atoms with van der Waals surface area (Å²) in [7, 11) is 1.63. The van der Waals surface area contributed by atoms with E-state index in [-0.39, 0.29) is 19.3 Å². The molecule has 0 amide bonds. The van der Waals surface area contributed by atoms with E-state index in [9.17, 15) is 0 Å². The summed E-state index contributed by atoms with van der Waals surface area (Å²) in [4.78, 5) is 0. The molecule has 0 saturated heterocycles. The average Bonchev–Trinajstić information content (AvgIpc) is 2.66. The van der Waals surface area contributed by atoms with Gasteiger partial charge in [0.05, 0.1) is 13.7 Å². The standard InChI is InChI=1S/C21H29NO3/c1-16(18-7-5-4-6-8-18)11-12-22-17(2)19-9-10-20(25-14-13-23)21(15-19)24-3/h4-10,15-17,22-23H,11-14H2,1-3H3. The van der Waals surface area contributed by atoms with Gasteiger partial charge in [0.1, 0.15) is 6.61 Å². The number of ether oxygens (including phenoxy) is 2. The van der Waals surface area contributed by atoms with Crippen molar-refractivity contribution in [3.8, 4) is 11.5 Å². The van der Waals surface area contributed by atoms with E-state index in [4.69, 9.17) is 14.6 Å². The van der Waals surface area contributed by atoms with Gasteiger partial charge >= 0.3 is 0 Å². The molecule has 0 radical (unpaired) electrons. The second kappa shape index (κ2) is 10.1. The Balaban J connectivity index is 1.88. The number of rotatable bonds is 10. The minimum absolute atomic E-state index is 0.0114. The Bertz CT molecular complexity index is 630. The summed E-state index contributed by atoms with van der Waals surface area (Å²) >= 11 is 0. The molecule has 0 aliphatic heterocycles. The van der Waals surface area contributed by atoms with Gasteiger partial charge in [-0.15, -0.1) is 0 Å². The first kappa shape index (κ1) is 19.3. The molecule has 2 atom stereocenters. The van der Waals surface area contributed by atoms with Crippen LogP contribution in [0.4, 0.5) is 0 Å². The Kier molecular flexibility index (Phi) is 7.76. The van der Waals surface area contributed by atoms with Crippen LogP contribution in [0.15, 0.2) is 48.5 Å². The Labute approximate surface area is 150 Å². The van der Waals surface area contributed by atoms with E-state index >= 15 is 0 Å². The van der Waals surface area contributed by atoms with Crippen LogP contribution < -0.4 is 14.8 Å². The maximum atomic E-state index is 8.88. The van der Waals surface area contributed by atoms with Crippen molar-refractivity contribution in [1.29, 1.82) is 0 Å². The number of benzene rings is 2. The van der Waals surface area contributed by atoms with Gasteiger partial charge in [0.25, 0.3) is 0 Å². The van der Waals surface area contributed by atoms with Gasteiger partial charge < -0.3 is 19.9 Å². The third kappa shape index (κ3) is 5.76. The number of aliphatic hydroxyl groups excluding tert-OH is 1. The summed E-state index contributed by atoms with van der Waals surface area (Å²) in [6, 6.07) is 16.8. The van der Waals surface area contributed by atoms with Crippen LogP contribution in [0.25, 0.3) is 0 Å². The molecule has 4 nitrogen and oxygen atoms in total. The molecule has 2 aromatic carbocycles. The molecule has 2 aromatic rings. The number of nitrogens with one attached hydrogen (secondary N) is 1. The third-order valence-corrected chi connectivity index (χ3v) is 4.43. The topological polar surface area (TPSA) is 50.7 Å². The van der Waals surface area contributed by atoms with Crippen molar-refractivity contribution >= 4 is 0 Å². The summed E-state index contributed by atoms with van der Waals surface area (Å²) in [6.45, 7) is 5.61. The first-order chi connectivity index (χ1) is 12.2. The SMILES string of the molecule is COc1cc(C(C)NCCC(C)c2ccccc2)ccc1OCCO. The van der Waals surface area contributed by atoms with Gasteiger partial charge in [-0.2, -0.15) is 0 Å². The zero-order valence-electron chi connectivity index (χ0n) is 15.4. The summed E-state index contributed by atoms with van der Waals surface area (Å²) in [6.07, 6.45) is 1.09. The lowest BCUT2D eigenvalue weighted by atomic mass is 9.97. The molecule has 0 aliphatic carbocycles. The highest BCUT2D eigenvalue weighted by Crippen LogP contribution is 2.30. The van der Waals surface area contributed by atoms with Gasteiger partial charge in [-0.3, -0.25) is 0 Å². The van der Waals surface area contributed by atoms with Gasteiger partial charge in [0, 0.05) is 6.04 Å². The molecule has 25 heavy (non-hydrogen) atoms. The summed E-state index contributed by atoms with van der Waals surface area (Å²) < 4.78 is 10.9. The minimum Gasteiger partial charge on any atom is -0.493 e. The molecule has 4 heteroatoms. The zero-order valence-corrected chi connectivity index (χ0v) is 15.4. The normalized spacial score (nSPS) is 13.3. The monoisotopic (exact) mass is 343 g/mol. The molecule has 0 fully saturated rings. The van der Waals surface area contributed by atoms with Crippen LogP contribution in [0.3, 0.4) is 0 Å². The molecular formula is C21H29NO3. The van der Waals surface area contributed by atoms with Gasteiger partial charge in [0.15, 0.2) is 11.5 Å². The maximum Gasteiger partial charge on any atom is 0.161 e. The van der Waals surface area contributed by atoms with Crippen LogP contribution in [0.5, 0.6) is 11.5 Å². The van der Waals surface area contributed by atoms with Gasteiger partial charge in [-0.25, -0.2) is 0 Å². The van der Waals surface area contributed by atoms with Crippen LogP contribution >= 0.6 is 0 Å². The van der Waals surface area contributed by atoms with Gasteiger partial charge in [0.2, 0.25) is 0 Å². The predicted octanol–water partition coefficient (Wildman–Crippen LogP) is 3.91. The van der Waals surface area contributed by atoms with Crippen molar-refractivity contribution in [3.63, 3.8) is 0 Å². The Morgan fingerprint density at radius 3 is 2.44 bits per heavy atom. The molecule has 0 aromatic heterocycles. The van der Waals surface area contributed by atoms with Gasteiger partial charge in [-0.05, 0) is 49.1 Å². The van der Waals surface area contributed by atoms with E-state index in [1.165, 1.54) is 5.56 Å². The molecule has 2 rings (SSSR count). The average molecular weight is 343 g/mol. The molecular weight excluding hydrogens is 314 g/mol. The number of hydrogen-bond acceptors (Lipinski definition) is 4. The van der Waals surface area contributed by atoms with Crippen molar-refractivity contribution in [2.45, 2.75) is 32.2 Å². The van der Waals surface area contributed by atoms with Crippen LogP contribution in [0, 0.1) is 0 Å². The van der Waals surface area contributed by atoms with Crippen LogP contribution in [0.1, 0.15) is 43.4 Å². The Hall–Kier alpha value is -2.04. The Morgan fingerprint density at radius 2 is 1.76 bits per heavy atom. The molecule has 0 spiro atoms. The smallest absolute Gasteiger partial charge is 0.161 e. The van der Waals surface area contributed by atoms with Crippen molar-refractivity contribution in [2.24, 2.45) is 0 Å². The molecule has 2 unspecified atom stereocenters. The van der Waals surface area contributed by atoms with Crippen molar-refractivity contribution in [3.05, 3.63) is 59.7 Å². The van der Waals surface area contributed by atoms with Crippen molar-refractivity contribution in [2.75, 3.05) is 26.9 Å². The fraction of sp³-hybridized carbons (Fsp3) is 0.429. The molecule has 136 valence electrons. The van der Waals surface area contributed by atoms with E-state index in [1.807, 2.05) is 18.2 Å². The van der Waals surface area contributed by atoms with Crippen molar-refractivity contribution in [1.82, 2.24) is 5.32 Å². The first-order valence-electron chi connectivity index (χ1n) is 8.85. The lowest BCUT2D eigenvalue weighted by Crippen LogP contribution is -2.21. The number of methoxy groups -OCH3 is 1. The highest BCUT2D eigenvalue weighted by atomic mass is 16.5. The molecule has 0 aliphatic rings. The quantitative estimate of drug-likeness (QED) is 0.687. The van der Waals surface area contributed by atoms with E-state index in [0.717, 1.165) is 18.5 Å². The molecule has 0 bridgehead atoms. The highest BCUT2D eigenvalue weighted by molar-refractivity contribution is 5.43. The molecule has 0 saturated carbocycles. The molecule has 2 N–H and O–H groups in total. The predicted molar refractivity (Wildman–Crippen MR) is 101 cm³/mol. The van der Waals surface area contributed by atoms with Crippen molar-refractivity contribution < 1.29 is 14.6 Å². The minimum atomic E-state index is -0.0114. The van der Waals surface area contributed by atoms with Crippen LogP contribution in [0.2, 0.25) is 0 Å². The fourth-order valence-corrected chi connectivity index (χ4v) is 2.81. The zero-order chi connectivity index (χ0) is 18.1. The lowest BCUT2D eigenvalue weighted by molar-refractivity contribution is 0.196. The van der Waals surface area contributed by atoms with Gasteiger partial charge in [-0.1, -0.05) is 43.3 Å². The number of aliphatic hydroxyl groups is 1. The first-order valence-corrected chi connectivity index (χ1v) is 8.85. The second-order valence-corrected chi connectivity index (χ2v) is 6.26. The summed E-state index contributed by atoms with van der Waals surface area (Å²) in [5, 5.41) is 12.5. The fourth-order valence-electron chi connectivity index (χ4n) is 2.81. The van der Waals surface area contributed by atoms with E-state index in [1.54, 1.807) is 7.11 Å². The Morgan fingerprint density at radius 1 is 1.00 bits per heavy atom. The second-order valence-electron chi connectivity index (χ2n) is 6.26. The van der Waals surface area contributed by atoms with E-state index in [0.29, 0.717) is 17.4 Å². The highest BCUT2D eigenvalue weighted by Gasteiger charge is 2.11. The van der Waals surface area contributed by atoms with Crippen LogP contribution in [-0.4, -0.2) is 32.0 Å². The lowest BCUT2D eigenvalue weighted by Gasteiger charge is -2.18.